The van der Waals surface area contributed by atoms with Gasteiger partial charge >= 0.3 is 0 Å². The van der Waals surface area contributed by atoms with Crippen molar-refractivity contribution in [3.8, 4) is 0 Å². The minimum atomic E-state index is -0.218. The lowest BCUT2D eigenvalue weighted by atomic mass is 10.2. The molecule has 3 heteroatoms. The van der Waals surface area contributed by atoms with E-state index in [1.165, 1.54) is 5.56 Å². The zero-order valence-electron chi connectivity index (χ0n) is 10.6. The van der Waals surface area contributed by atoms with Crippen LogP contribution < -0.4 is 5.32 Å². The van der Waals surface area contributed by atoms with Gasteiger partial charge in [-0.25, -0.2) is 0 Å². The van der Waals surface area contributed by atoms with E-state index in [1.54, 1.807) is 0 Å². The summed E-state index contributed by atoms with van der Waals surface area (Å²) in [5.74, 6) is 0.692. The average Bonchev–Trinajstić information content (AvgIpc) is 2.62. The van der Waals surface area contributed by atoms with Gasteiger partial charge in [0.25, 0.3) is 0 Å². The average molecular weight is 224 g/mol. The quantitative estimate of drug-likeness (QED) is 0.743. The first-order valence-electron chi connectivity index (χ1n) is 6.11. The second-order valence-electron chi connectivity index (χ2n) is 4.92. The zero-order chi connectivity index (χ0) is 12.0. The molecule has 3 nitrogen and oxygen atoms in total. The van der Waals surface area contributed by atoms with Crippen molar-refractivity contribution >= 4 is 0 Å². The summed E-state index contributed by atoms with van der Waals surface area (Å²) in [4.78, 5) is 0. The van der Waals surface area contributed by atoms with Crippen molar-refractivity contribution in [1.82, 2.24) is 9.88 Å². The van der Waals surface area contributed by atoms with Crippen molar-refractivity contribution < 1.29 is 5.11 Å². The van der Waals surface area contributed by atoms with Crippen LogP contribution in [0.5, 0.6) is 0 Å². The van der Waals surface area contributed by atoms with Crippen LogP contribution in [0.15, 0.2) is 18.5 Å². The third-order valence-corrected chi connectivity index (χ3v) is 2.50. The molecule has 0 amide bonds. The molecule has 1 aromatic rings. The van der Waals surface area contributed by atoms with Crippen LogP contribution in [0.3, 0.4) is 0 Å². The predicted octanol–water partition coefficient (Wildman–Crippen LogP) is 2.00. The first kappa shape index (κ1) is 13.3. The van der Waals surface area contributed by atoms with E-state index in [-0.39, 0.29) is 6.10 Å². The molecule has 0 aliphatic heterocycles. The van der Waals surface area contributed by atoms with Crippen molar-refractivity contribution in [3.05, 3.63) is 24.0 Å². The Morgan fingerprint density at radius 1 is 1.38 bits per heavy atom. The van der Waals surface area contributed by atoms with Crippen LogP contribution >= 0.6 is 0 Å². The molecular weight excluding hydrogens is 200 g/mol. The molecule has 1 heterocycles. The monoisotopic (exact) mass is 224 g/mol. The Balaban J connectivity index is 2.28. The standard InChI is InChI=1S/C13H24N2O/c1-11(2)8-14-9-13-5-7-15(10-13)6-4-12(3)16/h5,7,10-12,14,16H,4,6,8-9H2,1-3H3. The lowest BCUT2D eigenvalue weighted by molar-refractivity contribution is 0.178. The third-order valence-electron chi connectivity index (χ3n) is 2.50. The van der Waals surface area contributed by atoms with Gasteiger partial charge in [-0.05, 0) is 37.4 Å². The molecule has 0 spiro atoms. The van der Waals surface area contributed by atoms with Crippen molar-refractivity contribution in [3.63, 3.8) is 0 Å². The fourth-order valence-electron chi connectivity index (χ4n) is 1.58. The molecule has 1 atom stereocenters. The number of aliphatic hydroxyl groups is 1. The number of aryl methyl sites for hydroxylation is 1. The van der Waals surface area contributed by atoms with Gasteiger partial charge in [-0.15, -0.1) is 0 Å². The molecule has 0 saturated heterocycles. The van der Waals surface area contributed by atoms with Gasteiger partial charge in [0, 0.05) is 25.5 Å². The molecule has 2 N–H and O–H groups in total. The van der Waals surface area contributed by atoms with Crippen LogP contribution in [0, 0.1) is 5.92 Å². The second kappa shape index (κ2) is 6.71. The largest absolute Gasteiger partial charge is 0.393 e. The van der Waals surface area contributed by atoms with Gasteiger partial charge < -0.3 is 15.0 Å². The van der Waals surface area contributed by atoms with Crippen molar-refractivity contribution in [2.45, 2.75) is 46.4 Å². The summed E-state index contributed by atoms with van der Waals surface area (Å²) in [5, 5.41) is 12.6. The summed E-state index contributed by atoms with van der Waals surface area (Å²) in [6.45, 7) is 9.12. The maximum absolute atomic E-state index is 9.20. The summed E-state index contributed by atoms with van der Waals surface area (Å²) >= 11 is 0. The summed E-state index contributed by atoms with van der Waals surface area (Å²) < 4.78 is 2.14. The van der Waals surface area contributed by atoms with Gasteiger partial charge in [0.2, 0.25) is 0 Å². The number of nitrogens with zero attached hydrogens (tertiary/aromatic N) is 1. The molecule has 0 aliphatic rings. The normalized spacial score (nSPS) is 13.3. The number of rotatable bonds is 7. The molecule has 1 unspecified atom stereocenters. The fraction of sp³-hybridized carbons (Fsp3) is 0.692. The van der Waals surface area contributed by atoms with E-state index in [1.807, 2.05) is 6.92 Å². The molecule has 0 saturated carbocycles. The number of nitrogens with one attached hydrogen (secondary N) is 1. The Hall–Kier alpha value is -0.800. The maximum Gasteiger partial charge on any atom is 0.0529 e. The highest BCUT2D eigenvalue weighted by Gasteiger charge is 2.00. The Labute approximate surface area is 98.5 Å². The summed E-state index contributed by atoms with van der Waals surface area (Å²) in [5.41, 5.74) is 1.31. The molecule has 0 fully saturated rings. The minimum Gasteiger partial charge on any atom is -0.393 e. The molecule has 1 rings (SSSR count). The highest BCUT2D eigenvalue weighted by molar-refractivity contribution is 5.09. The van der Waals surface area contributed by atoms with Crippen molar-refractivity contribution in [2.75, 3.05) is 6.54 Å². The molecule has 16 heavy (non-hydrogen) atoms. The first-order valence-corrected chi connectivity index (χ1v) is 6.11. The van der Waals surface area contributed by atoms with E-state index in [2.05, 4.69) is 42.2 Å². The van der Waals surface area contributed by atoms with Crippen LogP contribution in [0.4, 0.5) is 0 Å². The molecule has 0 bridgehead atoms. The third kappa shape index (κ3) is 5.33. The van der Waals surface area contributed by atoms with E-state index in [0.29, 0.717) is 5.92 Å². The SMILES string of the molecule is CC(C)CNCc1ccn(CCC(C)O)c1. The van der Waals surface area contributed by atoms with E-state index in [0.717, 1.165) is 26.1 Å². The molecule has 92 valence electrons. The van der Waals surface area contributed by atoms with Gasteiger partial charge in [0.1, 0.15) is 0 Å². The molecule has 0 aliphatic carbocycles. The smallest absolute Gasteiger partial charge is 0.0529 e. The Kier molecular flexibility index (Phi) is 5.56. The van der Waals surface area contributed by atoms with Crippen LogP contribution in [0.2, 0.25) is 0 Å². The Bertz CT molecular complexity index is 292. The first-order chi connectivity index (χ1) is 7.58. The lowest BCUT2D eigenvalue weighted by Crippen LogP contribution is -2.18. The number of aliphatic hydroxyl groups excluding tert-OH is 1. The summed E-state index contributed by atoms with van der Waals surface area (Å²) in [7, 11) is 0. The maximum atomic E-state index is 9.20. The van der Waals surface area contributed by atoms with Crippen molar-refractivity contribution in [1.29, 1.82) is 0 Å². The van der Waals surface area contributed by atoms with Crippen LogP contribution in [0.25, 0.3) is 0 Å². The minimum absolute atomic E-state index is 0.218. The van der Waals surface area contributed by atoms with Gasteiger partial charge in [0.15, 0.2) is 0 Å². The van der Waals surface area contributed by atoms with Gasteiger partial charge in [0.05, 0.1) is 6.10 Å². The van der Waals surface area contributed by atoms with E-state index < -0.39 is 0 Å². The second-order valence-corrected chi connectivity index (χ2v) is 4.92. The van der Waals surface area contributed by atoms with Crippen LogP contribution in [0.1, 0.15) is 32.8 Å². The number of aromatic nitrogens is 1. The molecular formula is C13H24N2O. The van der Waals surface area contributed by atoms with E-state index >= 15 is 0 Å². The topological polar surface area (TPSA) is 37.2 Å². The number of hydrogen-bond acceptors (Lipinski definition) is 2. The van der Waals surface area contributed by atoms with Crippen LogP contribution in [-0.4, -0.2) is 22.3 Å². The molecule has 1 aromatic heterocycles. The van der Waals surface area contributed by atoms with Gasteiger partial charge in [-0.3, -0.25) is 0 Å². The Morgan fingerprint density at radius 3 is 2.75 bits per heavy atom. The lowest BCUT2D eigenvalue weighted by Gasteiger charge is -2.06. The summed E-state index contributed by atoms with van der Waals surface area (Å²) in [6.07, 6.45) is 4.82. The fourth-order valence-corrected chi connectivity index (χ4v) is 1.58. The van der Waals surface area contributed by atoms with Crippen LogP contribution in [-0.2, 0) is 13.1 Å². The van der Waals surface area contributed by atoms with Gasteiger partial charge in [-0.2, -0.15) is 0 Å². The number of hydrogen-bond donors (Lipinski definition) is 2. The highest BCUT2D eigenvalue weighted by Crippen LogP contribution is 2.03. The Morgan fingerprint density at radius 2 is 2.12 bits per heavy atom. The predicted molar refractivity (Wildman–Crippen MR) is 67.3 cm³/mol. The molecule has 0 radical (unpaired) electrons. The molecule has 0 aromatic carbocycles. The van der Waals surface area contributed by atoms with E-state index in [9.17, 15) is 5.11 Å². The van der Waals surface area contributed by atoms with Gasteiger partial charge in [-0.1, -0.05) is 13.8 Å². The zero-order valence-corrected chi connectivity index (χ0v) is 10.6. The van der Waals surface area contributed by atoms with Crippen molar-refractivity contribution in [2.24, 2.45) is 5.92 Å². The van der Waals surface area contributed by atoms with E-state index in [4.69, 9.17) is 0 Å². The summed E-state index contributed by atoms with van der Waals surface area (Å²) in [6, 6.07) is 2.13. The highest BCUT2D eigenvalue weighted by atomic mass is 16.3.